The Bertz CT molecular complexity index is 871. The number of hydrogen-bond acceptors (Lipinski definition) is 4. The van der Waals surface area contributed by atoms with E-state index in [-0.39, 0.29) is 5.41 Å². The van der Waals surface area contributed by atoms with Gasteiger partial charge in [-0.15, -0.1) is 5.10 Å². The molecule has 0 radical (unpaired) electrons. The number of anilines is 1. The van der Waals surface area contributed by atoms with Crippen molar-refractivity contribution < 1.29 is 0 Å². The third-order valence-electron chi connectivity index (χ3n) is 4.06. The number of aromatic nitrogens is 5. The summed E-state index contributed by atoms with van der Waals surface area (Å²) in [5.41, 5.74) is 5.43. The second kappa shape index (κ2) is 6.20. The van der Waals surface area contributed by atoms with Crippen LogP contribution in [0.1, 0.15) is 32.0 Å². The van der Waals surface area contributed by atoms with E-state index in [1.807, 2.05) is 22.6 Å². The predicted molar refractivity (Wildman–Crippen MR) is 100.0 cm³/mol. The third-order valence-corrected chi connectivity index (χ3v) is 4.86. The maximum absolute atomic E-state index is 4.35. The molecule has 1 aromatic carbocycles. The number of fused-ring (bicyclic) bond motifs is 1. The monoisotopic (exact) mass is 390 g/mol. The first-order chi connectivity index (χ1) is 11.3. The summed E-state index contributed by atoms with van der Waals surface area (Å²) in [6, 6.07) is 4.14. The number of halogens is 1. The first-order valence-electron chi connectivity index (χ1n) is 7.99. The summed E-state index contributed by atoms with van der Waals surface area (Å²) in [7, 11) is 1.95. The Labute approximate surface area is 150 Å². The van der Waals surface area contributed by atoms with E-state index >= 15 is 0 Å². The van der Waals surface area contributed by atoms with Gasteiger partial charge < -0.3 is 5.32 Å². The molecule has 0 aliphatic carbocycles. The van der Waals surface area contributed by atoms with Gasteiger partial charge in [0.25, 0.3) is 0 Å². The maximum atomic E-state index is 4.35. The van der Waals surface area contributed by atoms with Crippen LogP contribution in [0.5, 0.6) is 0 Å². The molecule has 0 aliphatic rings. The lowest BCUT2D eigenvalue weighted by Gasteiger charge is -2.18. The average Bonchev–Trinajstić information content (AvgIpc) is 3.03. The largest absolute Gasteiger partial charge is 0.380 e. The van der Waals surface area contributed by atoms with E-state index < -0.39 is 0 Å². The van der Waals surface area contributed by atoms with Crippen LogP contribution in [0, 0.1) is 12.3 Å². The van der Waals surface area contributed by atoms with E-state index in [2.05, 4.69) is 76.5 Å². The van der Waals surface area contributed by atoms with Gasteiger partial charge in [0.15, 0.2) is 0 Å². The molecule has 7 heteroatoms. The van der Waals surface area contributed by atoms with Crippen LogP contribution in [-0.2, 0) is 20.1 Å². The van der Waals surface area contributed by atoms with Crippen molar-refractivity contribution in [3.8, 4) is 0 Å². The Balaban J connectivity index is 1.85. The van der Waals surface area contributed by atoms with Crippen LogP contribution < -0.4 is 5.32 Å². The highest BCUT2D eigenvalue weighted by Gasteiger charge is 2.17. The van der Waals surface area contributed by atoms with Crippen molar-refractivity contribution in [1.29, 1.82) is 0 Å². The van der Waals surface area contributed by atoms with E-state index in [0.29, 0.717) is 0 Å². The summed E-state index contributed by atoms with van der Waals surface area (Å²) < 4.78 is 4.80. The molecule has 3 rings (SSSR count). The normalized spacial score (nSPS) is 12.1. The van der Waals surface area contributed by atoms with Gasteiger partial charge in [-0.2, -0.15) is 5.10 Å². The number of nitrogens with zero attached hydrogens (tertiary/aromatic N) is 5. The highest BCUT2D eigenvalue weighted by atomic mass is 79.9. The molecule has 0 saturated heterocycles. The second-order valence-corrected chi connectivity index (χ2v) is 8.13. The lowest BCUT2D eigenvalue weighted by Crippen LogP contribution is -2.16. The van der Waals surface area contributed by atoms with Gasteiger partial charge in [0.2, 0.25) is 0 Å². The van der Waals surface area contributed by atoms with Gasteiger partial charge in [-0.3, -0.25) is 4.68 Å². The zero-order chi connectivity index (χ0) is 17.5. The van der Waals surface area contributed by atoms with E-state index in [0.717, 1.165) is 40.0 Å². The van der Waals surface area contributed by atoms with Gasteiger partial charge in [-0.25, -0.2) is 4.68 Å². The highest BCUT2D eigenvalue weighted by molar-refractivity contribution is 9.10. The summed E-state index contributed by atoms with van der Waals surface area (Å²) in [5.74, 6) is 0. The number of aryl methyl sites for hydroxylation is 1. The fourth-order valence-corrected chi connectivity index (χ4v) is 3.17. The van der Waals surface area contributed by atoms with Gasteiger partial charge in [0.05, 0.1) is 21.9 Å². The van der Waals surface area contributed by atoms with Gasteiger partial charge in [-0.05, 0) is 40.4 Å². The zero-order valence-corrected chi connectivity index (χ0v) is 16.3. The summed E-state index contributed by atoms with van der Waals surface area (Å²) in [5, 5.41) is 16.4. The quantitative estimate of drug-likeness (QED) is 0.733. The van der Waals surface area contributed by atoms with Crippen molar-refractivity contribution in [2.24, 2.45) is 12.5 Å². The van der Waals surface area contributed by atoms with E-state index in [4.69, 9.17) is 0 Å². The minimum absolute atomic E-state index is 0.155. The lowest BCUT2D eigenvalue weighted by molar-refractivity contribution is 0.327. The SMILES string of the molecule is Cc1c(CNc2ccc3c(nnn3CC(C)(C)C)c2Br)cnn1C. The molecule has 3 aromatic rings. The molecule has 1 N–H and O–H groups in total. The van der Waals surface area contributed by atoms with E-state index in [9.17, 15) is 0 Å². The Morgan fingerprint density at radius 1 is 1.25 bits per heavy atom. The fourth-order valence-electron chi connectivity index (χ4n) is 2.62. The number of nitrogens with one attached hydrogen (secondary N) is 1. The molecule has 0 unspecified atom stereocenters. The smallest absolute Gasteiger partial charge is 0.129 e. The van der Waals surface area contributed by atoms with Crippen LogP contribution in [-0.4, -0.2) is 24.8 Å². The highest BCUT2D eigenvalue weighted by Crippen LogP contribution is 2.31. The van der Waals surface area contributed by atoms with Crippen molar-refractivity contribution >= 4 is 32.7 Å². The van der Waals surface area contributed by atoms with Crippen molar-refractivity contribution in [3.05, 3.63) is 34.1 Å². The van der Waals surface area contributed by atoms with Crippen LogP contribution in [0.15, 0.2) is 22.8 Å². The third kappa shape index (κ3) is 3.31. The molecule has 2 aromatic heterocycles. The van der Waals surface area contributed by atoms with Crippen LogP contribution in [0.2, 0.25) is 0 Å². The number of rotatable bonds is 4. The molecular weight excluding hydrogens is 368 g/mol. The Morgan fingerprint density at radius 3 is 2.62 bits per heavy atom. The molecular formula is C17H23BrN6. The molecule has 0 fully saturated rings. The Hall–Kier alpha value is -1.89. The van der Waals surface area contributed by atoms with Gasteiger partial charge in [0, 0.05) is 31.4 Å². The molecule has 0 amide bonds. The summed E-state index contributed by atoms with van der Waals surface area (Å²) in [6.45, 7) is 10.2. The maximum Gasteiger partial charge on any atom is 0.129 e. The molecule has 128 valence electrons. The van der Waals surface area contributed by atoms with Crippen molar-refractivity contribution in [2.45, 2.75) is 40.8 Å². The van der Waals surface area contributed by atoms with Crippen LogP contribution in [0.4, 0.5) is 5.69 Å². The minimum atomic E-state index is 0.155. The van der Waals surface area contributed by atoms with Crippen molar-refractivity contribution in [2.75, 3.05) is 5.32 Å². The zero-order valence-electron chi connectivity index (χ0n) is 14.8. The van der Waals surface area contributed by atoms with E-state index in [1.165, 1.54) is 5.56 Å². The number of hydrogen-bond donors (Lipinski definition) is 1. The van der Waals surface area contributed by atoms with Gasteiger partial charge in [-0.1, -0.05) is 26.0 Å². The second-order valence-electron chi connectivity index (χ2n) is 7.33. The molecule has 0 atom stereocenters. The number of benzene rings is 1. The van der Waals surface area contributed by atoms with Crippen LogP contribution >= 0.6 is 15.9 Å². The molecule has 24 heavy (non-hydrogen) atoms. The standard InChI is InChI=1S/C17H23BrN6/c1-11-12(9-20-23(11)5)8-19-13-6-7-14-16(15(13)18)21-22-24(14)10-17(2,3)4/h6-7,9,19H,8,10H2,1-5H3. The Morgan fingerprint density at radius 2 is 2.00 bits per heavy atom. The summed E-state index contributed by atoms with van der Waals surface area (Å²) in [6.07, 6.45) is 1.90. The van der Waals surface area contributed by atoms with Crippen LogP contribution in [0.3, 0.4) is 0 Å². The molecule has 0 aliphatic heterocycles. The first-order valence-corrected chi connectivity index (χ1v) is 8.78. The minimum Gasteiger partial charge on any atom is -0.380 e. The Kier molecular flexibility index (Phi) is 4.38. The first kappa shape index (κ1) is 17.0. The van der Waals surface area contributed by atoms with Gasteiger partial charge in [0.1, 0.15) is 5.52 Å². The molecule has 6 nitrogen and oxygen atoms in total. The van der Waals surface area contributed by atoms with Crippen molar-refractivity contribution in [3.63, 3.8) is 0 Å². The topological polar surface area (TPSA) is 60.6 Å². The summed E-state index contributed by atoms with van der Waals surface area (Å²) >= 11 is 3.67. The van der Waals surface area contributed by atoms with Gasteiger partial charge >= 0.3 is 0 Å². The average molecular weight is 391 g/mol. The van der Waals surface area contributed by atoms with E-state index in [1.54, 1.807) is 0 Å². The molecule has 0 spiro atoms. The lowest BCUT2D eigenvalue weighted by atomic mass is 9.97. The predicted octanol–water partition coefficient (Wildman–Crippen LogP) is 3.89. The van der Waals surface area contributed by atoms with Crippen LogP contribution in [0.25, 0.3) is 11.0 Å². The summed E-state index contributed by atoms with van der Waals surface area (Å²) in [4.78, 5) is 0. The fraction of sp³-hybridized carbons (Fsp3) is 0.471. The molecule has 0 saturated carbocycles. The molecule has 2 heterocycles. The van der Waals surface area contributed by atoms with Crippen molar-refractivity contribution in [1.82, 2.24) is 24.8 Å². The molecule has 0 bridgehead atoms.